The second-order valence-electron chi connectivity index (χ2n) is 20.4. The Morgan fingerprint density at radius 1 is 0.841 bits per heavy atom. The number of methoxy groups -OCH3 is 3. The Morgan fingerprint density at radius 3 is 2.03 bits per heavy atom. The highest BCUT2D eigenvalue weighted by Crippen LogP contribution is 2.65. The number of nitrogens with zero attached hydrogens (tertiary/aromatic N) is 1. The van der Waals surface area contributed by atoms with Crippen molar-refractivity contribution in [2.75, 3.05) is 27.9 Å². The molecule has 8 rings (SSSR count). The molecule has 5 aliphatic rings. The van der Waals surface area contributed by atoms with E-state index in [1.165, 1.54) is 33.2 Å². The summed E-state index contributed by atoms with van der Waals surface area (Å²) in [4.78, 5) is 74.6. The number of amides is 1. The zero-order chi connectivity index (χ0) is 50.0. The van der Waals surface area contributed by atoms with Crippen LogP contribution in [0, 0.1) is 16.7 Å². The smallest absolute Gasteiger partial charge is 0.413 e. The van der Waals surface area contributed by atoms with Gasteiger partial charge in [0.05, 0.1) is 36.7 Å². The van der Waals surface area contributed by atoms with Gasteiger partial charge in [0, 0.05) is 45.0 Å². The van der Waals surface area contributed by atoms with Gasteiger partial charge in [-0.2, -0.15) is 0 Å². The molecule has 1 N–H and O–H groups in total. The minimum absolute atomic E-state index is 0.125. The van der Waals surface area contributed by atoms with Crippen molar-refractivity contribution < 1.29 is 71.7 Å². The van der Waals surface area contributed by atoms with E-state index in [9.17, 15) is 19.5 Å². The fourth-order valence-corrected chi connectivity index (χ4v) is 11.8. The van der Waals surface area contributed by atoms with Crippen molar-refractivity contribution in [1.29, 1.82) is 0 Å². The highest BCUT2D eigenvalue weighted by Gasteiger charge is 2.78. The average molecular weight is 954 g/mol. The molecule has 0 radical (unpaired) electrons. The van der Waals surface area contributed by atoms with Gasteiger partial charge in [-0.25, -0.2) is 14.4 Å². The molecule has 370 valence electrons. The van der Waals surface area contributed by atoms with Gasteiger partial charge >= 0.3 is 24.0 Å². The number of rotatable bonds is 10. The van der Waals surface area contributed by atoms with E-state index < -0.39 is 112 Å². The summed E-state index contributed by atoms with van der Waals surface area (Å²) in [6, 6.07) is 22.9. The summed E-state index contributed by atoms with van der Waals surface area (Å²) in [6.07, 6.45) is -9.71. The number of carbonyl (C=O) groups is 5. The second kappa shape index (κ2) is 18.3. The molecule has 2 bridgehead atoms. The van der Waals surface area contributed by atoms with Crippen LogP contribution in [0.5, 0.6) is 5.75 Å². The molecule has 16 nitrogen and oxygen atoms in total. The minimum Gasteiger partial charge on any atom is -0.497 e. The molecular weight excluding hydrogens is 891 g/mol. The van der Waals surface area contributed by atoms with Crippen LogP contribution < -0.4 is 4.74 Å². The summed E-state index contributed by atoms with van der Waals surface area (Å²) in [5, 5.41) is 14.0. The van der Waals surface area contributed by atoms with Crippen LogP contribution >= 0.6 is 0 Å². The number of benzene rings is 3. The molecule has 3 aromatic carbocycles. The molecule has 2 heterocycles. The van der Waals surface area contributed by atoms with E-state index in [1.807, 2.05) is 0 Å². The van der Waals surface area contributed by atoms with Gasteiger partial charge in [-0.05, 0) is 75.6 Å². The largest absolute Gasteiger partial charge is 0.497 e. The van der Waals surface area contributed by atoms with Gasteiger partial charge in [0.25, 0.3) is 0 Å². The van der Waals surface area contributed by atoms with E-state index in [2.05, 4.69) is 0 Å². The predicted octanol–water partition coefficient (Wildman–Crippen LogP) is 7.03. The minimum atomic E-state index is -2.22. The zero-order valence-electron chi connectivity index (χ0n) is 41.0. The third kappa shape index (κ3) is 8.21. The van der Waals surface area contributed by atoms with Gasteiger partial charge in [-0.15, -0.1) is 0 Å². The lowest BCUT2D eigenvalue weighted by atomic mass is 9.44. The topological polar surface area (TPSA) is 192 Å². The van der Waals surface area contributed by atoms with Gasteiger partial charge in [0.2, 0.25) is 0 Å². The van der Waals surface area contributed by atoms with Crippen LogP contribution in [0.2, 0.25) is 0 Å². The Bertz CT molecular complexity index is 2490. The SMILES string of the molecule is COc1ccc(C2O[C@@H](C(=O)O[C@H]3C[C@@]4(O)[C@@H](OC(=O)c5ccccc5)C5[C@](C)(C(=O)[C@H](OC)C(=C3C)C4(C)C)[C@@H](OC)C[C@H]3OC[C@@]53OC(C)=O)[C@H](c3ccccc3)N2C(=O)OC(C)(C)C)cc1. The number of ether oxygens (including phenoxy) is 9. The normalized spacial score (nSPS) is 33.7. The number of aliphatic hydroxyl groups is 1. The number of esters is 3. The summed E-state index contributed by atoms with van der Waals surface area (Å²) in [6.45, 7) is 13.1. The molecule has 2 aliphatic heterocycles. The summed E-state index contributed by atoms with van der Waals surface area (Å²) in [7, 11) is 4.37. The molecule has 2 saturated carbocycles. The third-order valence-electron chi connectivity index (χ3n) is 15.1. The molecule has 3 aliphatic carbocycles. The summed E-state index contributed by atoms with van der Waals surface area (Å²) < 4.78 is 55.9. The Balaban J connectivity index is 1.29. The Morgan fingerprint density at radius 2 is 1.48 bits per heavy atom. The van der Waals surface area contributed by atoms with Crippen LogP contribution in [0.3, 0.4) is 0 Å². The van der Waals surface area contributed by atoms with Gasteiger partial charge in [-0.3, -0.25) is 14.5 Å². The first kappa shape index (κ1) is 49.8. The summed E-state index contributed by atoms with van der Waals surface area (Å²) >= 11 is 0. The van der Waals surface area contributed by atoms with Crippen molar-refractivity contribution in [2.24, 2.45) is 16.7 Å². The van der Waals surface area contributed by atoms with E-state index in [0.29, 0.717) is 28.0 Å². The van der Waals surface area contributed by atoms with E-state index in [-0.39, 0.29) is 25.0 Å². The molecule has 0 spiro atoms. The third-order valence-corrected chi connectivity index (χ3v) is 15.1. The van der Waals surface area contributed by atoms with Crippen LogP contribution in [0.15, 0.2) is 96.1 Å². The van der Waals surface area contributed by atoms with Crippen LogP contribution in [0.25, 0.3) is 0 Å². The number of hydrogen-bond acceptors (Lipinski definition) is 15. The van der Waals surface area contributed by atoms with E-state index in [4.69, 9.17) is 42.6 Å². The van der Waals surface area contributed by atoms with Crippen molar-refractivity contribution in [3.05, 3.63) is 113 Å². The first-order valence-electron chi connectivity index (χ1n) is 23.2. The molecule has 69 heavy (non-hydrogen) atoms. The molecule has 2 saturated heterocycles. The predicted molar refractivity (Wildman–Crippen MR) is 246 cm³/mol. The van der Waals surface area contributed by atoms with Gasteiger partial charge in [0.15, 0.2) is 23.7 Å². The standard InChI is InChI=1S/C53H63NO15/c1-29-35(65-47(58)41-39(31-18-14-12-15-19-31)54(48(59)69-49(3,4)5)45(66-41)32-22-24-34(61-9)25-23-32)27-53(60)44(67-46(57)33-20-16-13-17-21-33)42-51(8,43(56)40(63-11)38(29)50(53,6)7)36(62-10)26-37-52(42,28-64-37)68-30(2)55/h12-25,35-37,39-42,44-45,60H,26-28H2,1-11H3/t35-,36-,37+,39-,40+,41+,42?,44-,45?,51+,52-,53+/m0/s1. The van der Waals surface area contributed by atoms with Crippen LogP contribution in [0.1, 0.15) is 102 Å². The van der Waals surface area contributed by atoms with E-state index in [0.717, 1.165) is 0 Å². The average Bonchev–Trinajstić information content (AvgIpc) is 3.72. The summed E-state index contributed by atoms with van der Waals surface area (Å²) in [5.41, 5.74) is -5.96. The molecule has 12 atom stereocenters. The second-order valence-corrected chi connectivity index (χ2v) is 20.4. The number of ketones is 1. The fourth-order valence-electron chi connectivity index (χ4n) is 11.8. The lowest BCUT2D eigenvalue weighted by molar-refractivity contribution is -0.347. The molecule has 4 fully saturated rings. The Labute approximate surface area is 402 Å². The van der Waals surface area contributed by atoms with Crippen molar-refractivity contribution in [3.8, 4) is 5.75 Å². The highest BCUT2D eigenvalue weighted by molar-refractivity contribution is 5.94. The highest BCUT2D eigenvalue weighted by atomic mass is 16.6. The van der Waals surface area contributed by atoms with E-state index in [1.54, 1.807) is 133 Å². The molecule has 16 heteroatoms. The lowest BCUT2D eigenvalue weighted by Gasteiger charge is -2.67. The van der Waals surface area contributed by atoms with Crippen LogP contribution in [-0.2, 0) is 52.3 Å². The molecule has 3 aromatic rings. The Kier molecular flexibility index (Phi) is 13.2. The maximum Gasteiger partial charge on any atom is 0.413 e. The molecule has 0 aromatic heterocycles. The zero-order valence-corrected chi connectivity index (χ0v) is 41.0. The monoisotopic (exact) mass is 953 g/mol. The van der Waals surface area contributed by atoms with Crippen LogP contribution in [0.4, 0.5) is 4.79 Å². The number of hydrogen-bond donors (Lipinski definition) is 1. The first-order valence-corrected chi connectivity index (χ1v) is 23.2. The van der Waals surface area contributed by atoms with Crippen molar-refractivity contribution >= 4 is 29.8 Å². The lowest BCUT2D eigenvalue weighted by Crippen LogP contribution is -2.82. The van der Waals surface area contributed by atoms with Gasteiger partial charge in [0.1, 0.15) is 47.4 Å². The van der Waals surface area contributed by atoms with Crippen molar-refractivity contribution in [1.82, 2.24) is 4.90 Å². The van der Waals surface area contributed by atoms with Gasteiger partial charge in [-0.1, -0.05) is 74.5 Å². The Hall–Kier alpha value is -5.65. The van der Waals surface area contributed by atoms with Crippen LogP contribution in [-0.4, -0.2) is 121 Å². The van der Waals surface area contributed by atoms with Gasteiger partial charge < -0.3 is 47.7 Å². The van der Waals surface area contributed by atoms with Crippen molar-refractivity contribution in [3.63, 3.8) is 0 Å². The summed E-state index contributed by atoms with van der Waals surface area (Å²) in [5.74, 6) is -3.65. The maximum atomic E-state index is 15.8. The molecule has 2 unspecified atom stereocenters. The maximum absolute atomic E-state index is 15.8. The van der Waals surface area contributed by atoms with E-state index >= 15 is 9.59 Å². The fraction of sp³-hybridized carbons (Fsp3) is 0.528. The number of carbonyl (C=O) groups excluding carboxylic acids is 5. The van der Waals surface area contributed by atoms with Crippen molar-refractivity contribution in [2.45, 2.75) is 134 Å². The molecular formula is C53H63NO15. The number of fused-ring (bicyclic) bond motifs is 5. The first-order chi connectivity index (χ1) is 32.6. The molecule has 1 amide bonds. The quantitative estimate of drug-likeness (QED) is 0.124. The number of Topliss-reactive ketones (excluding diaryl/α,β-unsaturated/α-hetero) is 1.